The average molecular weight is 381 g/mol. The van der Waals surface area contributed by atoms with Crippen LogP contribution in [0.15, 0.2) is 17.1 Å². The molecular formula is C18H25F2N5O2. The van der Waals surface area contributed by atoms with Crippen molar-refractivity contribution >= 4 is 16.7 Å². The fraction of sp³-hybridized carbons (Fsp3) is 0.667. The van der Waals surface area contributed by atoms with Gasteiger partial charge in [0, 0.05) is 38.9 Å². The van der Waals surface area contributed by atoms with Gasteiger partial charge in [-0.1, -0.05) is 0 Å². The molecule has 0 saturated carbocycles. The predicted octanol–water partition coefficient (Wildman–Crippen LogP) is 1.87. The number of hydrogen-bond donors (Lipinski definition) is 1. The number of ether oxygens (including phenoxy) is 1. The van der Waals surface area contributed by atoms with Gasteiger partial charge in [-0.3, -0.25) is 4.79 Å². The van der Waals surface area contributed by atoms with Crippen LogP contribution in [0.4, 0.5) is 14.5 Å². The van der Waals surface area contributed by atoms with Crippen molar-refractivity contribution in [3.63, 3.8) is 0 Å². The normalized spacial score (nSPS) is 26.9. The maximum atomic E-state index is 13.6. The van der Waals surface area contributed by atoms with Crippen molar-refractivity contribution in [2.24, 2.45) is 7.05 Å². The Kier molecular flexibility index (Phi) is 4.90. The van der Waals surface area contributed by atoms with Crippen molar-refractivity contribution in [3.05, 3.63) is 22.6 Å². The van der Waals surface area contributed by atoms with Crippen molar-refractivity contribution in [2.45, 2.75) is 50.9 Å². The topological polar surface area (TPSA) is 64.3 Å². The minimum atomic E-state index is -2.52. The predicted molar refractivity (Wildman–Crippen MR) is 98.4 cm³/mol. The third kappa shape index (κ3) is 3.34. The van der Waals surface area contributed by atoms with E-state index >= 15 is 0 Å². The van der Waals surface area contributed by atoms with Crippen LogP contribution in [0.2, 0.25) is 0 Å². The molecule has 3 atom stereocenters. The molecule has 2 fully saturated rings. The number of halogens is 2. The monoisotopic (exact) mass is 381 g/mol. The van der Waals surface area contributed by atoms with Crippen LogP contribution in [0, 0.1) is 0 Å². The zero-order chi connectivity index (χ0) is 19.1. The molecule has 2 aliphatic rings. The lowest BCUT2D eigenvalue weighted by molar-refractivity contribution is -0.0390. The van der Waals surface area contributed by atoms with Gasteiger partial charge in [-0.2, -0.15) is 5.10 Å². The van der Waals surface area contributed by atoms with E-state index in [9.17, 15) is 13.6 Å². The Morgan fingerprint density at radius 3 is 2.89 bits per heavy atom. The third-order valence-electron chi connectivity index (χ3n) is 5.50. The highest BCUT2D eigenvalue weighted by molar-refractivity contribution is 5.88. The number of aromatic nitrogens is 3. The molecule has 0 spiro atoms. The summed E-state index contributed by atoms with van der Waals surface area (Å²) in [5.74, 6) is 0. The maximum Gasteiger partial charge on any atom is 0.259 e. The van der Waals surface area contributed by atoms with Gasteiger partial charge in [0.1, 0.15) is 17.8 Å². The van der Waals surface area contributed by atoms with Crippen LogP contribution in [0.1, 0.15) is 32.4 Å². The third-order valence-corrected chi connectivity index (χ3v) is 5.50. The fourth-order valence-electron chi connectivity index (χ4n) is 3.94. The number of fused-ring (bicyclic) bond motifs is 1. The molecule has 2 saturated heterocycles. The SMILES string of the molecule is C[C@@H]1CN(c2cc(=O)n(C)c3cn(C4CCCCO4)nc23)[C@@H](C(F)F)CN1. The summed E-state index contributed by atoms with van der Waals surface area (Å²) in [5, 5.41) is 7.75. The van der Waals surface area contributed by atoms with E-state index in [1.54, 1.807) is 22.8 Å². The van der Waals surface area contributed by atoms with Crippen molar-refractivity contribution in [1.29, 1.82) is 0 Å². The van der Waals surface area contributed by atoms with E-state index in [0.717, 1.165) is 19.3 Å². The zero-order valence-corrected chi connectivity index (χ0v) is 15.6. The van der Waals surface area contributed by atoms with E-state index in [4.69, 9.17) is 4.74 Å². The lowest BCUT2D eigenvalue weighted by atomic mass is 10.1. The van der Waals surface area contributed by atoms with Gasteiger partial charge < -0.3 is 19.5 Å². The smallest absolute Gasteiger partial charge is 0.259 e. The Labute approximate surface area is 155 Å². The molecule has 4 heterocycles. The van der Waals surface area contributed by atoms with Crippen LogP contribution < -0.4 is 15.8 Å². The lowest BCUT2D eigenvalue weighted by Gasteiger charge is -2.40. The van der Waals surface area contributed by atoms with E-state index in [-0.39, 0.29) is 24.4 Å². The van der Waals surface area contributed by atoms with Gasteiger partial charge >= 0.3 is 0 Å². The first-order valence-electron chi connectivity index (χ1n) is 9.44. The quantitative estimate of drug-likeness (QED) is 0.879. The summed E-state index contributed by atoms with van der Waals surface area (Å²) in [6.45, 7) is 3.18. The molecule has 0 radical (unpaired) electrons. The van der Waals surface area contributed by atoms with Crippen molar-refractivity contribution in [1.82, 2.24) is 19.7 Å². The highest BCUT2D eigenvalue weighted by atomic mass is 19.3. The molecule has 2 aliphatic heterocycles. The molecule has 1 unspecified atom stereocenters. The van der Waals surface area contributed by atoms with Gasteiger partial charge in [-0.15, -0.1) is 0 Å². The second-order valence-electron chi connectivity index (χ2n) is 7.45. The molecule has 2 aromatic rings. The highest BCUT2D eigenvalue weighted by Crippen LogP contribution is 2.31. The van der Waals surface area contributed by atoms with Crippen molar-refractivity contribution in [2.75, 3.05) is 24.6 Å². The summed E-state index contributed by atoms with van der Waals surface area (Å²) >= 11 is 0. The first-order chi connectivity index (χ1) is 13.0. The number of piperazine rings is 1. The van der Waals surface area contributed by atoms with Crippen LogP contribution in [-0.4, -0.2) is 52.6 Å². The van der Waals surface area contributed by atoms with E-state index < -0.39 is 12.5 Å². The molecule has 0 aliphatic carbocycles. The summed E-state index contributed by atoms with van der Waals surface area (Å²) in [6, 6.07) is 0.477. The van der Waals surface area contributed by atoms with E-state index in [2.05, 4.69) is 10.4 Å². The zero-order valence-electron chi connectivity index (χ0n) is 15.6. The number of hydrogen-bond acceptors (Lipinski definition) is 5. The van der Waals surface area contributed by atoms with E-state index in [0.29, 0.717) is 29.9 Å². The van der Waals surface area contributed by atoms with Gasteiger partial charge in [-0.25, -0.2) is 13.5 Å². The van der Waals surface area contributed by atoms with Gasteiger partial charge in [0.25, 0.3) is 12.0 Å². The minimum Gasteiger partial charge on any atom is -0.358 e. The van der Waals surface area contributed by atoms with Crippen molar-refractivity contribution in [3.8, 4) is 0 Å². The highest BCUT2D eigenvalue weighted by Gasteiger charge is 2.34. The number of anilines is 1. The first-order valence-corrected chi connectivity index (χ1v) is 9.44. The Morgan fingerprint density at radius 2 is 2.19 bits per heavy atom. The number of aryl methyl sites for hydroxylation is 1. The van der Waals surface area contributed by atoms with Crippen LogP contribution >= 0.6 is 0 Å². The van der Waals surface area contributed by atoms with Gasteiger partial charge in [0.15, 0.2) is 0 Å². The molecule has 2 aromatic heterocycles. The number of nitrogens with zero attached hydrogens (tertiary/aromatic N) is 4. The molecule has 1 N–H and O–H groups in total. The second-order valence-corrected chi connectivity index (χ2v) is 7.45. The number of pyridine rings is 1. The van der Waals surface area contributed by atoms with Crippen LogP contribution in [-0.2, 0) is 11.8 Å². The van der Waals surface area contributed by atoms with Gasteiger partial charge in [-0.05, 0) is 26.2 Å². The standard InChI is InChI=1S/C18H25F2N5O2/c1-11-9-24(13(8-21-11)18(19)20)12-7-15(26)23(2)14-10-25(22-17(12)14)16-5-3-4-6-27-16/h7,10-11,13,16,18,21H,3-6,8-9H2,1-2H3/t11-,13-,16?/m1/s1. The molecular weight excluding hydrogens is 356 g/mol. The molecule has 9 heteroatoms. The summed E-state index contributed by atoms with van der Waals surface area (Å²) in [7, 11) is 1.67. The Hall–Kier alpha value is -2.00. The largest absolute Gasteiger partial charge is 0.358 e. The fourth-order valence-corrected chi connectivity index (χ4v) is 3.94. The molecule has 4 rings (SSSR count). The molecule has 0 amide bonds. The van der Waals surface area contributed by atoms with Gasteiger partial charge in [0.05, 0.1) is 17.4 Å². The molecule has 7 nitrogen and oxygen atoms in total. The second kappa shape index (κ2) is 7.20. The average Bonchev–Trinajstić information content (AvgIpc) is 3.11. The van der Waals surface area contributed by atoms with E-state index in [1.165, 1.54) is 10.6 Å². The van der Waals surface area contributed by atoms with Gasteiger partial charge in [0.2, 0.25) is 0 Å². The summed E-state index contributed by atoms with van der Waals surface area (Å²) in [6.07, 6.45) is 2.02. The Morgan fingerprint density at radius 1 is 1.37 bits per heavy atom. The van der Waals surface area contributed by atoms with Crippen LogP contribution in [0.3, 0.4) is 0 Å². The minimum absolute atomic E-state index is 0.0443. The lowest BCUT2D eigenvalue weighted by Crippen LogP contribution is -2.58. The number of rotatable bonds is 3. The van der Waals surface area contributed by atoms with Crippen LogP contribution in [0.25, 0.3) is 11.0 Å². The van der Waals surface area contributed by atoms with Crippen LogP contribution in [0.5, 0.6) is 0 Å². The maximum absolute atomic E-state index is 13.6. The summed E-state index contributed by atoms with van der Waals surface area (Å²) in [5.41, 5.74) is 1.43. The Balaban J connectivity index is 1.82. The Bertz CT molecular complexity index is 874. The molecule has 148 valence electrons. The number of alkyl halides is 2. The first kappa shape index (κ1) is 18.4. The molecule has 0 aromatic carbocycles. The number of nitrogens with one attached hydrogen (secondary N) is 1. The summed E-state index contributed by atoms with van der Waals surface area (Å²) in [4.78, 5) is 14.1. The molecule has 0 bridgehead atoms. The van der Waals surface area contributed by atoms with E-state index in [1.807, 2.05) is 6.92 Å². The van der Waals surface area contributed by atoms with Crippen molar-refractivity contribution < 1.29 is 13.5 Å². The summed E-state index contributed by atoms with van der Waals surface area (Å²) < 4.78 is 36.3. The molecule has 27 heavy (non-hydrogen) atoms.